The van der Waals surface area contributed by atoms with Gasteiger partial charge in [-0.05, 0) is 31.4 Å². The fourth-order valence-electron chi connectivity index (χ4n) is 2.71. The maximum Gasteiger partial charge on any atom is 0.243 e. The summed E-state index contributed by atoms with van der Waals surface area (Å²) in [6, 6.07) is 10.2. The molecule has 1 aliphatic carbocycles. The zero-order chi connectivity index (χ0) is 14.3. The molecule has 0 unspecified atom stereocenters. The van der Waals surface area contributed by atoms with Crippen LogP contribution in [0.2, 0.25) is 0 Å². The highest BCUT2D eigenvalue weighted by atomic mass is 16.2. The summed E-state index contributed by atoms with van der Waals surface area (Å²) in [5.74, 6) is -0.0512. The summed E-state index contributed by atoms with van der Waals surface area (Å²) in [5, 5.41) is 10.3. The Balaban J connectivity index is 1.88. The number of H-pyrrole nitrogens is 1. The largest absolute Gasteiger partial charge is 0.358 e. The van der Waals surface area contributed by atoms with Gasteiger partial charge < -0.3 is 9.88 Å². The van der Waals surface area contributed by atoms with Crippen LogP contribution in [0.5, 0.6) is 0 Å². The van der Waals surface area contributed by atoms with E-state index in [0.29, 0.717) is 19.4 Å². The van der Waals surface area contributed by atoms with Crippen LogP contribution >= 0.6 is 0 Å². The molecule has 4 heteroatoms. The number of hydrogen-bond acceptors (Lipinski definition) is 2. The van der Waals surface area contributed by atoms with Crippen LogP contribution in [-0.2, 0) is 11.3 Å². The summed E-state index contributed by atoms with van der Waals surface area (Å²) in [5.41, 5.74) is 2.55. The number of nitrogens with zero attached hydrogens (tertiary/aromatic N) is 2. The molecule has 0 spiro atoms. The van der Waals surface area contributed by atoms with Crippen LogP contribution in [0.4, 0.5) is 0 Å². The minimum atomic E-state index is -0.741. The first-order valence-corrected chi connectivity index (χ1v) is 6.80. The Morgan fingerprint density at radius 1 is 1.45 bits per heavy atom. The number of carbonyl (C=O) groups is 1. The molecule has 1 aliphatic rings. The molecule has 0 aliphatic heterocycles. The van der Waals surface area contributed by atoms with Crippen LogP contribution in [0.15, 0.2) is 24.3 Å². The lowest BCUT2D eigenvalue weighted by Crippen LogP contribution is -2.33. The Kier molecular flexibility index (Phi) is 2.79. The van der Waals surface area contributed by atoms with Gasteiger partial charge in [-0.15, -0.1) is 0 Å². The van der Waals surface area contributed by atoms with Gasteiger partial charge in [0.05, 0.1) is 6.07 Å². The van der Waals surface area contributed by atoms with E-state index in [1.165, 1.54) is 0 Å². The SMILES string of the molecule is Cc1[nH]c2ccccc2c1CN(C)C(=O)C1(C#N)CC1. The van der Waals surface area contributed by atoms with E-state index in [1.807, 2.05) is 25.1 Å². The van der Waals surface area contributed by atoms with Crippen LogP contribution < -0.4 is 0 Å². The van der Waals surface area contributed by atoms with E-state index in [0.717, 1.165) is 22.2 Å². The molecule has 0 atom stereocenters. The number of amides is 1. The van der Waals surface area contributed by atoms with Crippen molar-refractivity contribution in [1.29, 1.82) is 5.26 Å². The van der Waals surface area contributed by atoms with Gasteiger partial charge >= 0.3 is 0 Å². The molecule has 0 saturated heterocycles. The average Bonchev–Trinajstić information content (AvgIpc) is 3.19. The van der Waals surface area contributed by atoms with Gasteiger partial charge in [0.1, 0.15) is 5.41 Å². The Bertz CT molecular complexity index is 719. The third-order valence-corrected chi connectivity index (χ3v) is 4.14. The number of aromatic nitrogens is 1. The molecule has 1 N–H and O–H groups in total. The standard InChI is InChI=1S/C16H17N3O/c1-11-13(12-5-3-4-6-14(12)18-11)9-19(2)15(20)16(10-17)7-8-16/h3-6,18H,7-9H2,1-2H3. The molecular weight excluding hydrogens is 250 g/mol. The van der Waals surface area contributed by atoms with Gasteiger partial charge in [0.2, 0.25) is 5.91 Å². The lowest BCUT2D eigenvalue weighted by atomic mass is 10.1. The number of nitriles is 1. The molecule has 1 saturated carbocycles. The number of para-hydroxylation sites is 1. The maximum atomic E-state index is 12.3. The number of hydrogen-bond donors (Lipinski definition) is 1. The molecule has 3 rings (SSSR count). The summed E-state index contributed by atoms with van der Waals surface area (Å²) in [4.78, 5) is 17.3. The first kappa shape index (κ1) is 12.7. The van der Waals surface area contributed by atoms with Crippen LogP contribution in [0.25, 0.3) is 10.9 Å². The molecule has 2 aromatic rings. The first-order valence-electron chi connectivity index (χ1n) is 6.80. The molecule has 1 amide bonds. The lowest BCUT2D eigenvalue weighted by Gasteiger charge is -2.20. The van der Waals surface area contributed by atoms with E-state index in [1.54, 1.807) is 11.9 Å². The molecule has 102 valence electrons. The van der Waals surface area contributed by atoms with Crippen molar-refractivity contribution in [2.24, 2.45) is 5.41 Å². The average molecular weight is 267 g/mol. The summed E-state index contributed by atoms with van der Waals surface area (Å²) in [7, 11) is 1.78. The maximum absolute atomic E-state index is 12.3. The van der Waals surface area contributed by atoms with Gasteiger partial charge in [-0.2, -0.15) is 5.26 Å². The van der Waals surface area contributed by atoms with Crippen LogP contribution in [0, 0.1) is 23.7 Å². The van der Waals surface area contributed by atoms with Gasteiger partial charge in [0.15, 0.2) is 0 Å². The van der Waals surface area contributed by atoms with Crippen LogP contribution in [0.1, 0.15) is 24.1 Å². The minimum absolute atomic E-state index is 0.0512. The molecule has 4 nitrogen and oxygen atoms in total. The minimum Gasteiger partial charge on any atom is -0.358 e. The quantitative estimate of drug-likeness (QED) is 0.929. The molecule has 1 heterocycles. The van der Waals surface area contributed by atoms with Crippen molar-refractivity contribution in [3.63, 3.8) is 0 Å². The van der Waals surface area contributed by atoms with E-state index < -0.39 is 5.41 Å². The third-order valence-electron chi connectivity index (χ3n) is 4.14. The number of aryl methyl sites for hydroxylation is 1. The summed E-state index contributed by atoms with van der Waals surface area (Å²) < 4.78 is 0. The molecule has 1 aromatic heterocycles. The van der Waals surface area contributed by atoms with Gasteiger partial charge in [-0.25, -0.2) is 0 Å². The Morgan fingerprint density at radius 2 is 2.15 bits per heavy atom. The van der Waals surface area contributed by atoms with E-state index >= 15 is 0 Å². The highest BCUT2D eigenvalue weighted by molar-refractivity contribution is 5.89. The van der Waals surface area contributed by atoms with Crippen molar-refractivity contribution in [2.45, 2.75) is 26.3 Å². The van der Waals surface area contributed by atoms with Gasteiger partial charge in [0.25, 0.3) is 0 Å². The highest BCUT2D eigenvalue weighted by Crippen LogP contribution is 2.46. The van der Waals surface area contributed by atoms with Crippen molar-refractivity contribution >= 4 is 16.8 Å². The van der Waals surface area contributed by atoms with E-state index in [4.69, 9.17) is 5.26 Å². The van der Waals surface area contributed by atoms with Crippen molar-refractivity contribution in [2.75, 3.05) is 7.05 Å². The zero-order valence-corrected chi connectivity index (χ0v) is 11.7. The van der Waals surface area contributed by atoms with Gasteiger partial charge in [-0.1, -0.05) is 18.2 Å². The topological polar surface area (TPSA) is 59.9 Å². The number of benzene rings is 1. The Labute approximate surface area is 118 Å². The first-order chi connectivity index (χ1) is 9.57. The predicted octanol–water partition coefficient (Wildman–Crippen LogP) is 2.74. The third kappa shape index (κ3) is 1.87. The molecule has 1 fully saturated rings. The number of rotatable bonds is 3. The molecular formula is C16H17N3O. The van der Waals surface area contributed by atoms with E-state index in [-0.39, 0.29) is 5.91 Å². The Hall–Kier alpha value is -2.28. The second kappa shape index (κ2) is 4.38. The van der Waals surface area contributed by atoms with Crippen molar-refractivity contribution in [3.05, 3.63) is 35.5 Å². The number of aromatic amines is 1. The normalized spacial score (nSPS) is 15.8. The van der Waals surface area contributed by atoms with Gasteiger partial charge in [-0.3, -0.25) is 4.79 Å². The number of fused-ring (bicyclic) bond motifs is 1. The van der Waals surface area contributed by atoms with Crippen molar-refractivity contribution in [3.8, 4) is 6.07 Å². The summed E-state index contributed by atoms with van der Waals surface area (Å²) in [6.07, 6.45) is 1.39. The smallest absolute Gasteiger partial charge is 0.243 e. The van der Waals surface area contributed by atoms with E-state index in [9.17, 15) is 4.79 Å². The molecule has 20 heavy (non-hydrogen) atoms. The van der Waals surface area contributed by atoms with Gasteiger partial charge in [0, 0.05) is 30.2 Å². The van der Waals surface area contributed by atoms with Crippen LogP contribution in [0.3, 0.4) is 0 Å². The van der Waals surface area contributed by atoms with E-state index in [2.05, 4.69) is 17.1 Å². The number of carbonyl (C=O) groups excluding carboxylic acids is 1. The molecule has 0 radical (unpaired) electrons. The summed E-state index contributed by atoms with van der Waals surface area (Å²) in [6.45, 7) is 2.56. The molecule has 1 aromatic carbocycles. The fourth-order valence-corrected chi connectivity index (χ4v) is 2.71. The molecule has 0 bridgehead atoms. The monoisotopic (exact) mass is 267 g/mol. The summed E-state index contributed by atoms with van der Waals surface area (Å²) >= 11 is 0. The predicted molar refractivity (Wildman–Crippen MR) is 76.8 cm³/mol. The van der Waals surface area contributed by atoms with Crippen molar-refractivity contribution in [1.82, 2.24) is 9.88 Å². The van der Waals surface area contributed by atoms with Crippen molar-refractivity contribution < 1.29 is 4.79 Å². The lowest BCUT2D eigenvalue weighted by molar-refractivity contribution is -0.134. The zero-order valence-electron chi connectivity index (χ0n) is 11.7. The number of nitrogens with one attached hydrogen (secondary N) is 1. The Morgan fingerprint density at radius 3 is 2.80 bits per heavy atom. The van der Waals surface area contributed by atoms with Crippen LogP contribution in [-0.4, -0.2) is 22.8 Å². The fraction of sp³-hybridized carbons (Fsp3) is 0.375. The highest BCUT2D eigenvalue weighted by Gasteiger charge is 2.52. The second-order valence-corrected chi connectivity index (χ2v) is 5.63. The second-order valence-electron chi connectivity index (χ2n) is 5.63.